The van der Waals surface area contributed by atoms with Gasteiger partial charge in [0.05, 0.1) is 0 Å². The zero-order chi connectivity index (χ0) is 14.5. The SMILES string of the molecule is Cc1cc(Cl)ccc1NC(=O)COc1ccc(I)cc1. The van der Waals surface area contributed by atoms with E-state index >= 15 is 0 Å². The predicted octanol–water partition coefficient (Wildman–Crippen LogP) is 4.27. The minimum absolute atomic E-state index is 0.0251. The van der Waals surface area contributed by atoms with Crippen molar-refractivity contribution in [1.82, 2.24) is 0 Å². The Bertz CT molecular complexity index is 614. The van der Waals surface area contributed by atoms with Crippen LogP contribution < -0.4 is 10.1 Å². The van der Waals surface area contributed by atoms with Crippen molar-refractivity contribution < 1.29 is 9.53 Å². The molecule has 0 aliphatic carbocycles. The van der Waals surface area contributed by atoms with Crippen LogP contribution in [0, 0.1) is 10.5 Å². The lowest BCUT2D eigenvalue weighted by molar-refractivity contribution is -0.118. The Labute approximate surface area is 136 Å². The van der Waals surface area contributed by atoms with E-state index in [1.54, 1.807) is 18.2 Å². The maximum absolute atomic E-state index is 11.8. The van der Waals surface area contributed by atoms with E-state index in [-0.39, 0.29) is 12.5 Å². The van der Waals surface area contributed by atoms with E-state index in [2.05, 4.69) is 27.9 Å². The van der Waals surface area contributed by atoms with Crippen LogP contribution in [0.25, 0.3) is 0 Å². The maximum atomic E-state index is 11.8. The fourth-order valence-electron chi connectivity index (χ4n) is 1.63. The smallest absolute Gasteiger partial charge is 0.262 e. The van der Waals surface area contributed by atoms with Gasteiger partial charge < -0.3 is 10.1 Å². The number of nitrogens with one attached hydrogen (secondary N) is 1. The van der Waals surface area contributed by atoms with Crippen LogP contribution in [0.5, 0.6) is 5.75 Å². The number of aryl methyl sites for hydroxylation is 1. The minimum atomic E-state index is -0.200. The highest BCUT2D eigenvalue weighted by atomic mass is 127. The fraction of sp³-hybridized carbons (Fsp3) is 0.133. The van der Waals surface area contributed by atoms with Crippen LogP contribution >= 0.6 is 34.2 Å². The first kappa shape index (κ1) is 15.1. The molecule has 1 N–H and O–H groups in total. The van der Waals surface area contributed by atoms with Crippen molar-refractivity contribution in [2.45, 2.75) is 6.92 Å². The first-order valence-corrected chi connectivity index (χ1v) is 7.44. The summed E-state index contributed by atoms with van der Waals surface area (Å²) >= 11 is 8.08. The van der Waals surface area contributed by atoms with Gasteiger partial charge in [-0.25, -0.2) is 0 Å². The molecule has 104 valence electrons. The third-order valence-corrected chi connectivity index (χ3v) is 3.60. The molecule has 0 bridgehead atoms. The fourth-order valence-corrected chi connectivity index (χ4v) is 2.22. The molecule has 0 aromatic heterocycles. The van der Waals surface area contributed by atoms with Gasteiger partial charge in [-0.3, -0.25) is 4.79 Å². The third kappa shape index (κ3) is 4.38. The molecule has 2 rings (SSSR count). The van der Waals surface area contributed by atoms with Gasteiger partial charge in [-0.1, -0.05) is 11.6 Å². The first-order valence-electron chi connectivity index (χ1n) is 5.99. The molecule has 0 saturated heterocycles. The van der Waals surface area contributed by atoms with E-state index in [1.807, 2.05) is 31.2 Å². The third-order valence-electron chi connectivity index (χ3n) is 2.65. The molecule has 0 aliphatic heterocycles. The van der Waals surface area contributed by atoms with Crippen molar-refractivity contribution in [3.8, 4) is 5.75 Å². The number of carbonyl (C=O) groups excluding carboxylic acids is 1. The van der Waals surface area contributed by atoms with E-state index in [1.165, 1.54) is 0 Å². The van der Waals surface area contributed by atoms with Crippen LogP contribution in [0.1, 0.15) is 5.56 Å². The quantitative estimate of drug-likeness (QED) is 0.777. The molecule has 0 radical (unpaired) electrons. The lowest BCUT2D eigenvalue weighted by atomic mass is 10.2. The molecule has 0 fully saturated rings. The zero-order valence-electron chi connectivity index (χ0n) is 10.8. The molecule has 5 heteroatoms. The van der Waals surface area contributed by atoms with Gasteiger partial charge in [0.2, 0.25) is 0 Å². The number of rotatable bonds is 4. The van der Waals surface area contributed by atoms with Crippen LogP contribution in [0.15, 0.2) is 42.5 Å². The first-order chi connectivity index (χ1) is 9.54. The number of carbonyl (C=O) groups is 1. The largest absolute Gasteiger partial charge is 0.484 e. The van der Waals surface area contributed by atoms with Crippen LogP contribution in [0.3, 0.4) is 0 Å². The molecule has 20 heavy (non-hydrogen) atoms. The van der Waals surface area contributed by atoms with Crippen molar-refractivity contribution in [1.29, 1.82) is 0 Å². The average molecular weight is 402 g/mol. The molecule has 2 aromatic carbocycles. The van der Waals surface area contributed by atoms with Crippen LogP contribution in [0.4, 0.5) is 5.69 Å². The van der Waals surface area contributed by atoms with Crippen molar-refractivity contribution in [3.05, 3.63) is 56.6 Å². The molecule has 0 unspecified atom stereocenters. The van der Waals surface area contributed by atoms with Gasteiger partial charge in [0, 0.05) is 14.3 Å². The lowest BCUT2D eigenvalue weighted by Crippen LogP contribution is -2.20. The highest BCUT2D eigenvalue weighted by Gasteiger charge is 2.06. The Morgan fingerprint density at radius 1 is 1.25 bits per heavy atom. The normalized spacial score (nSPS) is 10.2. The molecule has 0 aliphatic rings. The van der Waals surface area contributed by atoms with E-state index in [0.717, 1.165) is 14.8 Å². The summed E-state index contributed by atoms with van der Waals surface area (Å²) in [7, 11) is 0. The van der Waals surface area contributed by atoms with Crippen molar-refractivity contribution >= 4 is 45.8 Å². The molecule has 1 amide bonds. The van der Waals surface area contributed by atoms with Gasteiger partial charge in [-0.2, -0.15) is 0 Å². The summed E-state index contributed by atoms with van der Waals surface area (Å²) in [5.41, 5.74) is 1.66. The maximum Gasteiger partial charge on any atom is 0.262 e. The standard InChI is InChI=1S/C15H13ClINO2/c1-10-8-11(16)2-7-14(10)18-15(19)9-20-13-5-3-12(17)4-6-13/h2-8H,9H2,1H3,(H,18,19). The summed E-state index contributed by atoms with van der Waals surface area (Å²) in [4.78, 5) is 11.8. The summed E-state index contributed by atoms with van der Waals surface area (Å²) in [5, 5.41) is 3.44. The average Bonchev–Trinajstić information content (AvgIpc) is 2.41. The summed E-state index contributed by atoms with van der Waals surface area (Å²) in [6.45, 7) is 1.87. The summed E-state index contributed by atoms with van der Waals surface area (Å²) < 4.78 is 6.54. The molecule has 0 heterocycles. The Balaban J connectivity index is 1.90. The highest BCUT2D eigenvalue weighted by Crippen LogP contribution is 2.19. The second kappa shape index (κ2) is 6.95. The van der Waals surface area contributed by atoms with Gasteiger partial charge >= 0.3 is 0 Å². The molecule has 2 aromatic rings. The molecule has 3 nitrogen and oxygen atoms in total. The predicted molar refractivity (Wildman–Crippen MR) is 89.5 cm³/mol. The van der Waals surface area contributed by atoms with E-state index in [0.29, 0.717) is 10.8 Å². The number of amides is 1. The zero-order valence-corrected chi connectivity index (χ0v) is 13.7. The van der Waals surface area contributed by atoms with E-state index in [4.69, 9.17) is 16.3 Å². The second-order valence-corrected chi connectivity index (χ2v) is 5.93. The number of ether oxygens (including phenoxy) is 1. The van der Waals surface area contributed by atoms with E-state index in [9.17, 15) is 4.79 Å². The Morgan fingerprint density at radius 3 is 2.60 bits per heavy atom. The van der Waals surface area contributed by atoms with Crippen LogP contribution in [0.2, 0.25) is 5.02 Å². The summed E-state index contributed by atoms with van der Waals surface area (Å²) in [6.07, 6.45) is 0. The van der Waals surface area contributed by atoms with Gasteiger partial charge in [-0.05, 0) is 77.5 Å². The van der Waals surface area contributed by atoms with Crippen LogP contribution in [-0.4, -0.2) is 12.5 Å². The monoisotopic (exact) mass is 401 g/mol. The molecule has 0 atom stereocenters. The second-order valence-electron chi connectivity index (χ2n) is 4.25. The minimum Gasteiger partial charge on any atom is -0.484 e. The van der Waals surface area contributed by atoms with Gasteiger partial charge in [-0.15, -0.1) is 0 Å². The van der Waals surface area contributed by atoms with Crippen molar-refractivity contribution in [2.75, 3.05) is 11.9 Å². The van der Waals surface area contributed by atoms with Gasteiger partial charge in [0.25, 0.3) is 5.91 Å². The topological polar surface area (TPSA) is 38.3 Å². The molecular weight excluding hydrogens is 389 g/mol. The molecule has 0 saturated carbocycles. The number of hydrogen-bond donors (Lipinski definition) is 1. The van der Waals surface area contributed by atoms with E-state index < -0.39 is 0 Å². The number of halogens is 2. The summed E-state index contributed by atoms with van der Waals surface area (Å²) in [5.74, 6) is 0.474. The van der Waals surface area contributed by atoms with Gasteiger partial charge in [0.1, 0.15) is 5.75 Å². The molecular formula is C15H13ClINO2. The Kier molecular flexibility index (Phi) is 5.25. The Morgan fingerprint density at radius 2 is 1.95 bits per heavy atom. The number of benzene rings is 2. The lowest BCUT2D eigenvalue weighted by Gasteiger charge is -2.10. The van der Waals surface area contributed by atoms with Crippen molar-refractivity contribution in [2.24, 2.45) is 0 Å². The molecule has 0 spiro atoms. The summed E-state index contributed by atoms with van der Waals surface area (Å²) in [6, 6.07) is 12.8. The van der Waals surface area contributed by atoms with Crippen LogP contribution in [-0.2, 0) is 4.79 Å². The number of anilines is 1. The van der Waals surface area contributed by atoms with Crippen molar-refractivity contribution in [3.63, 3.8) is 0 Å². The van der Waals surface area contributed by atoms with Gasteiger partial charge in [0.15, 0.2) is 6.61 Å². The highest BCUT2D eigenvalue weighted by molar-refractivity contribution is 14.1. The Hall–Kier alpha value is -1.27. The number of hydrogen-bond acceptors (Lipinski definition) is 2.